The lowest BCUT2D eigenvalue weighted by Crippen LogP contribution is -2.35. The maximum atomic E-state index is 13.1. The van der Waals surface area contributed by atoms with Gasteiger partial charge in [0.05, 0.1) is 22.2 Å². The molecule has 0 bridgehead atoms. The highest BCUT2D eigenvalue weighted by molar-refractivity contribution is 7.92. The first-order valence-corrected chi connectivity index (χ1v) is 12.5. The Morgan fingerprint density at radius 3 is 2.21 bits per heavy atom. The standard InChI is InChI=1S/C26H26N4O3S/c1-28(23-6-3-2-4-7-23)34(32,33)25-14-10-22(11-15-25)26(31)30-17-5-16-29(18-19-30)24-12-8-21(20-27)9-13-24/h2-4,6-15H,5,16-19H2,1H3. The minimum Gasteiger partial charge on any atom is -0.370 e. The molecule has 1 aliphatic heterocycles. The van der Waals surface area contributed by atoms with E-state index in [-0.39, 0.29) is 10.8 Å². The molecule has 0 radical (unpaired) electrons. The summed E-state index contributed by atoms with van der Waals surface area (Å²) in [6.45, 7) is 2.70. The van der Waals surface area contributed by atoms with Gasteiger partial charge in [-0.1, -0.05) is 18.2 Å². The van der Waals surface area contributed by atoms with Gasteiger partial charge in [0, 0.05) is 44.5 Å². The highest BCUT2D eigenvalue weighted by Crippen LogP contribution is 2.23. The fraction of sp³-hybridized carbons (Fsp3) is 0.231. The predicted octanol–water partition coefficient (Wildman–Crippen LogP) is 3.74. The summed E-state index contributed by atoms with van der Waals surface area (Å²) in [7, 11) is -2.21. The number of nitriles is 1. The zero-order chi connectivity index (χ0) is 24.1. The van der Waals surface area contributed by atoms with Crippen LogP contribution in [0.1, 0.15) is 22.3 Å². The van der Waals surface area contributed by atoms with E-state index in [0.29, 0.717) is 36.4 Å². The van der Waals surface area contributed by atoms with Crippen molar-refractivity contribution in [1.82, 2.24) is 4.90 Å². The van der Waals surface area contributed by atoms with Crippen LogP contribution < -0.4 is 9.21 Å². The number of nitrogens with zero attached hydrogens (tertiary/aromatic N) is 4. The van der Waals surface area contributed by atoms with Gasteiger partial charge in [0.15, 0.2) is 0 Å². The summed E-state index contributed by atoms with van der Waals surface area (Å²) in [6.07, 6.45) is 0.820. The average Bonchev–Trinajstić information content (AvgIpc) is 3.15. The summed E-state index contributed by atoms with van der Waals surface area (Å²) in [6, 6.07) is 24.6. The molecule has 0 aliphatic carbocycles. The van der Waals surface area contributed by atoms with Gasteiger partial charge in [-0.3, -0.25) is 9.10 Å². The first kappa shape index (κ1) is 23.3. The molecule has 1 aliphatic rings. The fourth-order valence-electron chi connectivity index (χ4n) is 4.01. The molecule has 34 heavy (non-hydrogen) atoms. The Morgan fingerprint density at radius 2 is 1.56 bits per heavy atom. The van der Waals surface area contributed by atoms with Gasteiger partial charge in [-0.25, -0.2) is 8.42 Å². The minimum absolute atomic E-state index is 0.109. The molecule has 8 heteroatoms. The SMILES string of the molecule is CN(c1ccccc1)S(=O)(=O)c1ccc(C(=O)N2CCCN(c3ccc(C#N)cc3)CC2)cc1. The van der Waals surface area contributed by atoms with Crippen molar-refractivity contribution in [1.29, 1.82) is 5.26 Å². The van der Waals surface area contributed by atoms with Crippen LogP contribution in [0.5, 0.6) is 0 Å². The van der Waals surface area contributed by atoms with Crippen LogP contribution in [0.4, 0.5) is 11.4 Å². The molecule has 1 heterocycles. The summed E-state index contributed by atoms with van der Waals surface area (Å²) in [5.41, 5.74) is 2.69. The average molecular weight is 475 g/mol. The van der Waals surface area contributed by atoms with Gasteiger partial charge in [0.1, 0.15) is 0 Å². The van der Waals surface area contributed by atoms with E-state index < -0.39 is 10.0 Å². The lowest BCUT2D eigenvalue weighted by atomic mass is 10.2. The van der Waals surface area contributed by atoms with Crippen LogP contribution >= 0.6 is 0 Å². The summed E-state index contributed by atoms with van der Waals surface area (Å²) in [4.78, 5) is 17.3. The van der Waals surface area contributed by atoms with E-state index in [0.717, 1.165) is 18.7 Å². The van der Waals surface area contributed by atoms with E-state index in [1.165, 1.54) is 23.5 Å². The van der Waals surface area contributed by atoms with E-state index >= 15 is 0 Å². The number of amides is 1. The Hall–Kier alpha value is -3.83. The minimum atomic E-state index is -3.73. The second-order valence-electron chi connectivity index (χ2n) is 8.12. The lowest BCUT2D eigenvalue weighted by molar-refractivity contribution is 0.0767. The Kier molecular flexibility index (Phi) is 6.85. The molecule has 3 aromatic rings. The third kappa shape index (κ3) is 4.90. The van der Waals surface area contributed by atoms with Gasteiger partial charge in [0.25, 0.3) is 15.9 Å². The number of para-hydroxylation sites is 1. The molecule has 7 nitrogen and oxygen atoms in total. The van der Waals surface area contributed by atoms with Gasteiger partial charge >= 0.3 is 0 Å². The van der Waals surface area contributed by atoms with E-state index in [4.69, 9.17) is 5.26 Å². The van der Waals surface area contributed by atoms with Crippen LogP contribution in [0, 0.1) is 11.3 Å². The van der Waals surface area contributed by atoms with E-state index in [1.807, 2.05) is 23.1 Å². The van der Waals surface area contributed by atoms with Crippen molar-refractivity contribution in [2.45, 2.75) is 11.3 Å². The van der Waals surface area contributed by atoms with Crippen molar-refractivity contribution < 1.29 is 13.2 Å². The molecule has 0 unspecified atom stereocenters. The number of anilines is 2. The molecule has 0 atom stereocenters. The fourth-order valence-corrected chi connectivity index (χ4v) is 5.21. The lowest BCUT2D eigenvalue weighted by Gasteiger charge is -2.24. The van der Waals surface area contributed by atoms with Gasteiger partial charge in [-0.15, -0.1) is 0 Å². The monoisotopic (exact) mass is 474 g/mol. The van der Waals surface area contributed by atoms with Crippen molar-refractivity contribution in [2.75, 3.05) is 42.4 Å². The Bertz CT molecular complexity index is 1280. The Morgan fingerprint density at radius 1 is 0.882 bits per heavy atom. The van der Waals surface area contributed by atoms with Gasteiger partial charge in [-0.2, -0.15) is 5.26 Å². The maximum Gasteiger partial charge on any atom is 0.264 e. The molecule has 3 aromatic carbocycles. The van der Waals surface area contributed by atoms with Crippen LogP contribution in [0.3, 0.4) is 0 Å². The van der Waals surface area contributed by atoms with E-state index in [2.05, 4.69) is 11.0 Å². The largest absolute Gasteiger partial charge is 0.370 e. The Labute approximate surface area is 200 Å². The number of rotatable bonds is 5. The zero-order valence-electron chi connectivity index (χ0n) is 19.0. The molecule has 174 valence electrons. The van der Waals surface area contributed by atoms with Crippen molar-refractivity contribution in [2.24, 2.45) is 0 Å². The quantitative estimate of drug-likeness (QED) is 0.563. The summed E-state index contributed by atoms with van der Waals surface area (Å²) < 4.78 is 27.2. The van der Waals surface area contributed by atoms with E-state index in [9.17, 15) is 13.2 Å². The topological polar surface area (TPSA) is 84.7 Å². The van der Waals surface area contributed by atoms with Gasteiger partial charge in [-0.05, 0) is 67.1 Å². The van der Waals surface area contributed by atoms with Crippen molar-refractivity contribution >= 4 is 27.3 Å². The predicted molar refractivity (Wildman–Crippen MR) is 132 cm³/mol. The van der Waals surface area contributed by atoms with Crippen molar-refractivity contribution in [3.05, 3.63) is 90.0 Å². The van der Waals surface area contributed by atoms with Crippen molar-refractivity contribution in [3.63, 3.8) is 0 Å². The van der Waals surface area contributed by atoms with Crippen LogP contribution in [0.2, 0.25) is 0 Å². The zero-order valence-corrected chi connectivity index (χ0v) is 19.8. The number of carbonyl (C=O) groups excluding carboxylic acids is 1. The second-order valence-corrected chi connectivity index (χ2v) is 10.1. The van der Waals surface area contributed by atoms with Crippen molar-refractivity contribution in [3.8, 4) is 6.07 Å². The number of sulfonamides is 1. The van der Waals surface area contributed by atoms with Crippen LogP contribution in [-0.2, 0) is 10.0 Å². The molecular formula is C26H26N4O3S. The van der Waals surface area contributed by atoms with Crippen LogP contribution in [0.25, 0.3) is 0 Å². The summed E-state index contributed by atoms with van der Waals surface area (Å²) in [5.74, 6) is -0.109. The van der Waals surface area contributed by atoms with Gasteiger partial charge in [0.2, 0.25) is 0 Å². The molecule has 1 fully saturated rings. The van der Waals surface area contributed by atoms with E-state index in [1.54, 1.807) is 48.5 Å². The summed E-state index contributed by atoms with van der Waals surface area (Å²) >= 11 is 0. The van der Waals surface area contributed by atoms with Gasteiger partial charge < -0.3 is 9.80 Å². The molecule has 4 rings (SSSR count). The number of carbonyl (C=O) groups is 1. The second kappa shape index (κ2) is 9.98. The Balaban J connectivity index is 1.43. The molecule has 1 amide bonds. The molecule has 0 aromatic heterocycles. The first-order chi connectivity index (χ1) is 16.4. The summed E-state index contributed by atoms with van der Waals surface area (Å²) in [5, 5.41) is 8.99. The molecule has 1 saturated heterocycles. The third-order valence-corrected chi connectivity index (χ3v) is 7.82. The van der Waals surface area contributed by atoms with Crippen LogP contribution in [0.15, 0.2) is 83.8 Å². The molecular weight excluding hydrogens is 448 g/mol. The molecule has 0 N–H and O–H groups in total. The highest BCUT2D eigenvalue weighted by atomic mass is 32.2. The first-order valence-electron chi connectivity index (χ1n) is 11.1. The third-order valence-electron chi connectivity index (χ3n) is 6.02. The van der Waals surface area contributed by atoms with Crippen LogP contribution in [-0.4, -0.2) is 52.5 Å². The normalized spacial score (nSPS) is 14.2. The smallest absolute Gasteiger partial charge is 0.264 e. The number of benzene rings is 3. The number of hydrogen-bond donors (Lipinski definition) is 0. The molecule has 0 saturated carbocycles. The molecule has 0 spiro atoms. The highest BCUT2D eigenvalue weighted by Gasteiger charge is 2.24. The maximum absolute atomic E-state index is 13.1. The number of hydrogen-bond acceptors (Lipinski definition) is 5.